The molecule has 0 aromatic heterocycles. The van der Waals surface area contributed by atoms with Gasteiger partial charge in [-0.1, -0.05) is 72.8 Å². The van der Waals surface area contributed by atoms with Gasteiger partial charge in [-0.3, -0.25) is 13.9 Å². The number of ketones is 1. The lowest BCUT2D eigenvalue weighted by Gasteiger charge is -2.33. The first-order valence-corrected chi connectivity index (χ1v) is 11.3. The van der Waals surface area contributed by atoms with Crippen molar-refractivity contribution in [2.45, 2.75) is 4.90 Å². The van der Waals surface area contributed by atoms with Crippen LogP contribution >= 0.6 is 0 Å². The van der Waals surface area contributed by atoms with E-state index < -0.39 is 21.7 Å². The topological polar surface area (TPSA) is 83.6 Å². The van der Waals surface area contributed by atoms with Gasteiger partial charge in [0.05, 0.1) is 17.1 Å². The maximum atomic E-state index is 13.6. The predicted molar refractivity (Wildman–Crippen MR) is 122 cm³/mol. The molecule has 3 aromatic carbocycles. The Morgan fingerprint density at radius 2 is 1.41 bits per heavy atom. The molecule has 0 radical (unpaired) electrons. The lowest BCUT2D eigenvalue weighted by Crippen LogP contribution is -2.41. The number of carbonyl (C=O) groups is 2. The predicted octanol–water partition coefficient (Wildman–Crippen LogP) is 3.86. The monoisotopic (exact) mass is 444 g/mol. The zero-order chi connectivity index (χ0) is 22.7. The lowest BCUT2D eigenvalue weighted by molar-refractivity contribution is 0.0972. The SMILES string of the molecule is C=CCN1C(C(=O)c2ccccc2)=C(NC(=O)c2ccccc2)c2ccccc2S1(=O)=O. The standard InChI is InChI=1S/C25H20N2O4S/c1-2-17-27-23(24(28)18-11-5-3-6-12-18)22(26-25(29)19-13-7-4-8-14-19)20-15-9-10-16-21(20)32(27,30)31/h2-16H,1,17H2,(H,26,29). The number of hydrogen-bond acceptors (Lipinski definition) is 4. The van der Waals surface area contributed by atoms with Gasteiger partial charge < -0.3 is 5.32 Å². The van der Waals surface area contributed by atoms with Crippen LogP contribution in [0.5, 0.6) is 0 Å². The third kappa shape index (κ3) is 3.74. The first-order chi connectivity index (χ1) is 15.4. The molecule has 7 heteroatoms. The molecule has 0 fully saturated rings. The Hall–Kier alpha value is -3.97. The van der Waals surface area contributed by atoms with Gasteiger partial charge in [-0.15, -0.1) is 6.58 Å². The second kappa shape index (κ2) is 8.64. The van der Waals surface area contributed by atoms with Gasteiger partial charge in [0.15, 0.2) is 0 Å². The van der Waals surface area contributed by atoms with Crippen LogP contribution in [0.1, 0.15) is 26.3 Å². The van der Waals surface area contributed by atoms with Gasteiger partial charge in [-0.2, -0.15) is 0 Å². The number of allylic oxidation sites excluding steroid dienone is 1. The third-order valence-corrected chi connectivity index (χ3v) is 6.85. The average molecular weight is 445 g/mol. The van der Waals surface area contributed by atoms with Crippen LogP contribution in [0.15, 0.2) is 108 Å². The quantitative estimate of drug-likeness (QED) is 0.462. The van der Waals surface area contributed by atoms with E-state index in [1.807, 2.05) is 0 Å². The van der Waals surface area contributed by atoms with Gasteiger partial charge in [0.25, 0.3) is 15.9 Å². The molecule has 0 unspecified atom stereocenters. The van der Waals surface area contributed by atoms with E-state index in [0.29, 0.717) is 11.1 Å². The molecule has 1 amide bonds. The average Bonchev–Trinajstić information content (AvgIpc) is 2.83. The number of nitrogens with zero attached hydrogens (tertiary/aromatic N) is 1. The first-order valence-electron chi connectivity index (χ1n) is 9.88. The minimum atomic E-state index is -4.05. The Balaban J connectivity index is 1.97. The zero-order valence-corrected chi connectivity index (χ0v) is 17.9. The maximum Gasteiger partial charge on any atom is 0.265 e. The van der Waals surface area contributed by atoms with Crippen molar-refractivity contribution < 1.29 is 18.0 Å². The molecule has 0 saturated heterocycles. The van der Waals surface area contributed by atoms with Crippen molar-refractivity contribution in [2.24, 2.45) is 0 Å². The van der Waals surface area contributed by atoms with Crippen molar-refractivity contribution in [3.05, 3.63) is 120 Å². The third-order valence-electron chi connectivity index (χ3n) is 5.03. The van der Waals surface area contributed by atoms with E-state index in [4.69, 9.17) is 0 Å². The van der Waals surface area contributed by atoms with Crippen molar-refractivity contribution in [1.82, 2.24) is 9.62 Å². The Kier molecular flexibility index (Phi) is 5.75. The van der Waals surface area contributed by atoms with Crippen molar-refractivity contribution in [3.8, 4) is 0 Å². The Morgan fingerprint density at radius 3 is 2.03 bits per heavy atom. The fourth-order valence-corrected chi connectivity index (χ4v) is 5.20. The highest BCUT2D eigenvalue weighted by Crippen LogP contribution is 2.37. The molecule has 160 valence electrons. The van der Waals surface area contributed by atoms with Crippen LogP contribution in [-0.4, -0.2) is 31.0 Å². The molecule has 32 heavy (non-hydrogen) atoms. The van der Waals surface area contributed by atoms with Crippen LogP contribution in [0.4, 0.5) is 0 Å². The highest BCUT2D eigenvalue weighted by atomic mass is 32.2. The number of fused-ring (bicyclic) bond motifs is 1. The highest BCUT2D eigenvalue weighted by molar-refractivity contribution is 7.89. The van der Waals surface area contributed by atoms with Gasteiger partial charge in [-0.25, -0.2) is 8.42 Å². The number of amides is 1. The van der Waals surface area contributed by atoms with E-state index in [1.54, 1.807) is 78.9 Å². The summed E-state index contributed by atoms with van der Waals surface area (Å²) in [6, 6.07) is 23.2. The maximum absolute atomic E-state index is 13.6. The van der Waals surface area contributed by atoms with E-state index in [1.165, 1.54) is 12.1 Å². The molecular weight excluding hydrogens is 424 g/mol. The summed E-state index contributed by atoms with van der Waals surface area (Å²) in [6.07, 6.45) is 1.40. The van der Waals surface area contributed by atoms with Crippen LogP contribution in [-0.2, 0) is 10.0 Å². The highest BCUT2D eigenvalue weighted by Gasteiger charge is 2.40. The lowest BCUT2D eigenvalue weighted by atomic mass is 10.0. The fraction of sp³-hybridized carbons (Fsp3) is 0.0400. The molecule has 4 rings (SSSR count). The van der Waals surface area contributed by atoms with Crippen molar-refractivity contribution in [2.75, 3.05) is 6.54 Å². The number of Topliss-reactive ketones (excluding diaryl/α,β-unsaturated/α-hetero) is 1. The molecule has 1 N–H and O–H groups in total. The van der Waals surface area contributed by atoms with E-state index in [-0.39, 0.29) is 28.4 Å². The number of hydrogen-bond donors (Lipinski definition) is 1. The summed E-state index contributed by atoms with van der Waals surface area (Å²) in [5, 5.41) is 2.80. The molecule has 0 bridgehead atoms. The summed E-state index contributed by atoms with van der Waals surface area (Å²) in [7, 11) is -4.05. The molecule has 1 heterocycles. The van der Waals surface area contributed by atoms with Gasteiger partial charge in [0, 0.05) is 16.7 Å². The minimum Gasteiger partial charge on any atom is -0.319 e. The number of sulfonamides is 1. The van der Waals surface area contributed by atoms with Crippen molar-refractivity contribution >= 4 is 27.4 Å². The van der Waals surface area contributed by atoms with E-state index >= 15 is 0 Å². The molecule has 0 aliphatic carbocycles. The van der Waals surface area contributed by atoms with Gasteiger partial charge in [0.2, 0.25) is 5.78 Å². The first kappa shape index (κ1) is 21.3. The summed E-state index contributed by atoms with van der Waals surface area (Å²) in [6.45, 7) is 3.52. The fourth-order valence-electron chi connectivity index (χ4n) is 3.55. The van der Waals surface area contributed by atoms with Crippen LogP contribution in [0.3, 0.4) is 0 Å². The Bertz CT molecular complexity index is 1330. The Labute approximate surface area is 186 Å². The molecule has 6 nitrogen and oxygen atoms in total. The summed E-state index contributed by atoms with van der Waals surface area (Å²) < 4.78 is 27.8. The number of nitrogens with one attached hydrogen (secondary N) is 1. The summed E-state index contributed by atoms with van der Waals surface area (Å²) in [4.78, 5) is 26.6. The summed E-state index contributed by atoms with van der Waals surface area (Å²) >= 11 is 0. The van der Waals surface area contributed by atoms with Crippen LogP contribution in [0, 0.1) is 0 Å². The second-order valence-corrected chi connectivity index (χ2v) is 8.89. The molecule has 1 aliphatic rings. The van der Waals surface area contributed by atoms with Gasteiger partial charge in [0.1, 0.15) is 5.70 Å². The number of benzene rings is 3. The van der Waals surface area contributed by atoms with Gasteiger partial charge in [-0.05, 0) is 18.2 Å². The zero-order valence-electron chi connectivity index (χ0n) is 17.1. The summed E-state index contributed by atoms with van der Waals surface area (Å²) in [5.74, 6) is -0.972. The summed E-state index contributed by atoms with van der Waals surface area (Å²) in [5.41, 5.74) is 0.959. The number of rotatable bonds is 6. The molecule has 3 aromatic rings. The minimum absolute atomic E-state index is 0.00910. The molecule has 1 aliphatic heterocycles. The van der Waals surface area contributed by atoms with Crippen molar-refractivity contribution in [1.29, 1.82) is 0 Å². The molecular formula is C25H20N2O4S. The van der Waals surface area contributed by atoms with Crippen LogP contribution in [0.2, 0.25) is 0 Å². The molecule has 0 atom stereocenters. The van der Waals surface area contributed by atoms with E-state index in [0.717, 1.165) is 4.31 Å². The van der Waals surface area contributed by atoms with E-state index in [9.17, 15) is 18.0 Å². The van der Waals surface area contributed by atoms with Crippen LogP contribution < -0.4 is 5.32 Å². The smallest absolute Gasteiger partial charge is 0.265 e. The van der Waals surface area contributed by atoms with Gasteiger partial charge >= 0.3 is 0 Å². The van der Waals surface area contributed by atoms with Crippen LogP contribution in [0.25, 0.3) is 5.70 Å². The van der Waals surface area contributed by atoms with Crippen molar-refractivity contribution in [3.63, 3.8) is 0 Å². The normalized spacial score (nSPS) is 14.4. The molecule has 0 saturated carbocycles. The van der Waals surface area contributed by atoms with E-state index in [2.05, 4.69) is 11.9 Å². The largest absolute Gasteiger partial charge is 0.319 e. The second-order valence-electron chi connectivity index (χ2n) is 7.06. The molecule has 0 spiro atoms. The Morgan fingerprint density at radius 1 is 0.844 bits per heavy atom. The number of carbonyl (C=O) groups excluding carboxylic acids is 2.